The molecule has 0 aliphatic carbocycles. The van der Waals surface area contributed by atoms with E-state index in [1.165, 1.54) is 4.90 Å². The van der Waals surface area contributed by atoms with E-state index in [9.17, 15) is 9.59 Å². The van der Waals surface area contributed by atoms with Gasteiger partial charge in [-0.25, -0.2) is 4.79 Å². The number of rotatable bonds is 3. The molecular weight excluding hydrogens is 292 g/mol. The van der Waals surface area contributed by atoms with E-state index in [2.05, 4.69) is 6.92 Å². The third-order valence-electron chi connectivity index (χ3n) is 3.72. The van der Waals surface area contributed by atoms with Gasteiger partial charge in [-0.2, -0.15) is 0 Å². The third-order valence-corrected chi connectivity index (χ3v) is 3.97. The Bertz CT molecular complexity index is 510. The van der Waals surface area contributed by atoms with Gasteiger partial charge in [0.25, 0.3) is 0 Å². The molecule has 114 valence electrons. The topological polar surface area (TPSA) is 60.9 Å². The Kier molecular flexibility index (Phi) is 5.07. The maximum Gasteiger partial charge on any atom is 0.325 e. The number of piperidine rings is 1. The number of anilines is 1. The number of hydrogen-bond donors (Lipinski definition) is 1. The van der Waals surface area contributed by atoms with Gasteiger partial charge in [-0.05, 0) is 43.0 Å². The van der Waals surface area contributed by atoms with E-state index in [-0.39, 0.29) is 12.6 Å². The van der Waals surface area contributed by atoms with Gasteiger partial charge in [0.15, 0.2) is 0 Å². The highest BCUT2D eigenvalue weighted by atomic mass is 35.5. The Morgan fingerprint density at radius 3 is 2.38 bits per heavy atom. The summed E-state index contributed by atoms with van der Waals surface area (Å²) < 4.78 is 0. The van der Waals surface area contributed by atoms with Crippen LogP contribution >= 0.6 is 11.6 Å². The molecule has 1 N–H and O–H groups in total. The summed E-state index contributed by atoms with van der Waals surface area (Å²) in [6, 6.07) is 6.37. The van der Waals surface area contributed by atoms with E-state index in [0.29, 0.717) is 29.7 Å². The molecule has 1 aromatic rings. The number of hydrogen-bond acceptors (Lipinski definition) is 2. The molecule has 1 fully saturated rings. The van der Waals surface area contributed by atoms with Gasteiger partial charge >= 0.3 is 12.0 Å². The van der Waals surface area contributed by atoms with Crippen molar-refractivity contribution < 1.29 is 14.7 Å². The molecule has 0 saturated carbocycles. The van der Waals surface area contributed by atoms with Crippen molar-refractivity contribution in [1.82, 2.24) is 4.90 Å². The number of urea groups is 1. The first-order valence-corrected chi connectivity index (χ1v) is 7.39. The first-order valence-electron chi connectivity index (χ1n) is 7.01. The van der Waals surface area contributed by atoms with E-state index >= 15 is 0 Å². The van der Waals surface area contributed by atoms with E-state index in [0.717, 1.165) is 12.8 Å². The van der Waals surface area contributed by atoms with Crippen LogP contribution in [0.3, 0.4) is 0 Å². The number of amides is 2. The lowest BCUT2D eigenvalue weighted by Gasteiger charge is -2.34. The Morgan fingerprint density at radius 2 is 1.86 bits per heavy atom. The van der Waals surface area contributed by atoms with Crippen molar-refractivity contribution in [2.24, 2.45) is 5.92 Å². The maximum absolute atomic E-state index is 12.6. The van der Waals surface area contributed by atoms with Crippen molar-refractivity contribution in [3.05, 3.63) is 29.3 Å². The summed E-state index contributed by atoms with van der Waals surface area (Å²) in [6.07, 6.45) is 1.90. The summed E-state index contributed by atoms with van der Waals surface area (Å²) in [6.45, 7) is 3.15. The minimum Gasteiger partial charge on any atom is -0.480 e. The lowest BCUT2D eigenvalue weighted by molar-refractivity contribution is -0.135. The first-order chi connectivity index (χ1) is 9.97. The van der Waals surface area contributed by atoms with Gasteiger partial charge in [0.2, 0.25) is 0 Å². The standard InChI is InChI=1S/C15H19ClN2O3/c1-11-6-8-17(9-7-11)15(21)18(10-14(19)20)13-4-2-12(16)3-5-13/h2-5,11H,6-10H2,1H3,(H,19,20). The Balaban J connectivity index is 2.17. The largest absolute Gasteiger partial charge is 0.480 e. The van der Waals surface area contributed by atoms with Crippen LogP contribution in [0.1, 0.15) is 19.8 Å². The molecule has 1 aliphatic rings. The van der Waals surface area contributed by atoms with E-state index < -0.39 is 5.97 Å². The fourth-order valence-corrected chi connectivity index (χ4v) is 2.52. The summed E-state index contributed by atoms with van der Waals surface area (Å²) in [5.74, 6) is -0.429. The van der Waals surface area contributed by atoms with Crippen molar-refractivity contribution in [1.29, 1.82) is 0 Å². The molecule has 1 aliphatic heterocycles. The first kappa shape index (κ1) is 15.6. The van der Waals surface area contributed by atoms with Gasteiger partial charge in [0.05, 0.1) is 0 Å². The monoisotopic (exact) mass is 310 g/mol. The Hall–Kier alpha value is -1.75. The number of carbonyl (C=O) groups is 2. The Labute approximate surface area is 129 Å². The zero-order valence-corrected chi connectivity index (χ0v) is 12.7. The fraction of sp³-hybridized carbons (Fsp3) is 0.467. The third kappa shape index (κ3) is 4.11. The van der Waals surface area contributed by atoms with Crippen LogP contribution in [0.4, 0.5) is 10.5 Å². The molecule has 0 spiro atoms. The zero-order valence-electron chi connectivity index (χ0n) is 12.0. The highest BCUT2D eigenvalue weighted by Gasteiger charge is 2.27. The number of carboxylic acids is 1. The molecular formula is C15H19ClN2O3. The highest BCUT2D eigenvalue weighted by Crippen LogP contribution is 2.22. The molecule has 0 aromatic heterocycles. The zero-order chi connectivity index (χ0) is 15.4. The minimum atomic E-state index is -1.04. The molecule has 2 amide bonds. The van der Waals surface area contributed by atoms with Gasteiger partial charge in [-0.3, -0.25) is 9.69 Å². The van der Waals surface area contributed by atoms with E-state index in [1.54, 1.807) is 29.2 Å². The number of halogens is 1. The fourth-order valence-electron chi connectivity index (χ4n) is 2.40. The van der Waals surface area contributed by atoms with Crippen LogP contribution in [0.2, 0.25) is 5.02 Å². The minimum absolute atomic E-state index is 0.258. The van der Waals surface area contributed by atoms with Crippen molar-refractivity contribution in [2.45, 2.75) is 19.8 Å². The van der Waals surface area contributed by atoms with Crippen LogP contribution in [-0.2, 0) is 4.79 Å². The van der Waals surface area contributed by atoms with Gasteiger partial charge in [-0.1, -0.05) is 18.5 Å². The van der Waals surface area contributed by atoms with Crippen LogP contribution in [0.15, 0.2) is 24.3 Å². The molecule has 1 heterocycles. The average molecular weight is 311 g/mol. The van der Waals surface area contributed by atoms with Gasteiger partial charge < -0.3 is 10.0 Å². The second kappa shape index (κ2) is 6.80. The maximum atomic E-state index is 12.6. The van der Waals surface area contributed by atoms with Crippen molar-refractivity contribution in [2.75, 3.05) is 24.5 Å². The molecule has 1 saturated heterocycles. The summed E-state index contributed by atoms with van der Waals surface area (Å²) in [5, 5.41) is 9.60. The lowest BCUT2D eigenvalue weighted by atomic mass is 9.99. The molecule has 0 radical (unpaired) electrons. The Morgan fingerprint density at radius 1 is 1.29 bits per heavy atom. The van der Waals surface area contributed by atoms with E-state index in [4.69, 9.17) is 16.7 Å². The quantitative estimate of drug-likeness (QED) is 0.933. The van der Waals surface area contributed by atoms with Crippen LogP contribution in [0.25, 0.3) is 0 Å². The smallest absolute Gasteiger partial charge is 0.325 e. The van der Waals surface area contributed by atoms with Crippen LogP contribution < -0.4 is 4.90 Å². The number of carboxylic acid groups (broad SMARTS) is 1. The highest BCUT2D eigenvalue weighted by molar-refractivity contribution is 6.30. The lowest BCUT2D eigenvalue weighted by Crippen LogP contribution is -2.48. The molecule has 0 unspecified atom stereocenters. The van der Waals surface area contributed by atoms with Crippen LogP contribution in [0, 0.1) is 5.92 Å². The molecule has 21 heavy (non-hydrogen) atoms. The van der Waals surface area contributed by atoms with Crippen molar-refractivity contribution in [3.63, 3.8) is 0 Å². The van der Waals surface area contributed by atoms with E-state index in [1.807, 2.05) is 0 Å². The second-order valence-corrected chi connectivity index (χ2v) is 5.84. The summed E-state index contributed by atoms with van der Waals surface area (Å²) >= 11 is 5.84. The molecule has 6 heteroatoms. The number of benzene rings is 1. The number of carbonyl (C=O) groups excluding carboxylic acids is 1. The number of likely N-dealkylation sites (tertiary alicyclic amines) is 1. The second-order valence-electron chi connectivity index (χ2n) is 5.41. The van der Waals surface area contributed by atoms with Crippen LogP contribution in [-0.4, -0.2) is 41.6 Å². The van der Waals surface area contributed by atoms with Crippen LogP contribution in [0.5, 0.6) is 0 Å². The normalized spacial score (nSPS) is 15.8. The SMILES string of the molecule is CC1CCN(C(=O)N(CC(=O)O)c2ccc(Cl)cc2)CC1. The predicted octanol–water partition coefficient (Wildman–Crippen LogP) is 3.08. The molecule has 2 rings (SSSR count). The summed E-state index contributed by atoms with van der Waals surface area (Å²) in [4.78, 5) is 26.6. The predicted molar refractivity (Wildman–Crippen MR) is 81.8 cm³/mol. The molecule has 1 aromatic carbocycles. The average Bonchev–Trinajstić information content (AvgIpc) is 2.46. The molecule has 0 bridgehead atoms. The number of nitrogens with zero attached hydrogens (tertiary/aromatic N) is 2. The summed E-state index contributed by atoms with van der Waals surface area (Å²) in [7, 11) is 0. The number of aliphatic carboxylic acids is 1. The molecule has 0 atom stereocenters. The summed E-state index contributed by atoms with van der Waals surface area (Å²) in [5.41, 5.74) is 0.547. The van der Waals surface area contributed by atoms with Crippen molar-refractivity contribution in [3.8, 4) is 0 Å². The van der Waals surface area contributed by atoms with Gasteiger partial charge in [0.1, 0.15) is 6.54 Å². The van der Waals surface area contributed by atoms with Crippen molar-refractivity contribution >= 4 is 29.3 Å². The van der Waals surface area contributed by atoms with Gasteiger partial charge in [0, 0.05) is 23.8 Å². The van der Waals surface area contributed by atoms with Gasteiger partial charge in [-0.15, -0.1) is 0 Å². The molecule has 5 nitrogen and oxygen atoms in total.